The van der Waals surface area contributed by atoms with E-state index in [0.29, 0.717) is 19.4 Å². The first-order chi connectivity index (χ1) is 12.8. The highest BCUT2D eigenvalue weighted by Gasteiger charge is 2.41. The maximum absolute atomic E-state index is 13.3. The SMILES string of the molecule is COc1ncnc(OC)c1C(=O)Nc1nc(C(F)(F)F)c(C2CCCO2)s1. The number of rotatable bonds is 5. The minimum Gasteiger partial charge on any atom is -0.480 e. The van der Waals surface area contributed by atoms with Crippen molar-refractivity contribution in [2.24, 2.45) is 0 Å². The van der Waals surface area contributed by atoms with Crippen molar-refractivity contribution < 1.29 is 32.2 Å². The van der Waals surface area contributed by atoms with Crippen LogP contribution in [0.1, 0.15) is 39.9 Å². The molecule has 3 rings (SSSR count). The van der Waals surface area contributed by atoms with Crippen molar-refractivity contribution in [3.63, 3.8) is 0 Å². The summed E-state index contributed by atoms with van der Waals surface area (Å²) < 4.78 is 55.3. The first kappa shape index (κ1) is 19.3. The van der Waals surface area contributed by atoms with E-state index in [0.717, 1.165) is 17.7 Å². The smallest absolute Gasteiger partial charge is 0.434 e. The molecule has 27 heavy (non-hydrogen) atoms. The fraction of sp³-hybridized carbons (Fsp3) is 0.467. The van der Waals surface area contributed by atoms with E-state index < -0.39 is 23.9 Å². The fourth-order valence-electron chi connectivity index (χ4n) is 2.61. The molecule has 1 saturated heterocycles. The molecule has 0 aromatic carbocycles. The summed E-state index contributed by atoms with van der Waals surface area (Å²) in [5.41, 5.74) is -1.21. The zero-order chi connectivity index (χ0) is 19.6. The number of carbonyl (C=O) groups is 1. The van der Waals surface area contributed by atoms with Crippen molar-refractivity contribution in [3.05, 3.63) is 22.5 Å². The van der Waals surface area contributed by atoms with Crippen LogP contribution in [0.2, 0.25) is 0 Å². The Morgan fingerprint density at radius 2 is 1.96 bits per heavy atom. The number of thiazole rings is 1. The highest BCUT2D eigenvalue weighted by Crippen LogP contribution is 2.43. The van der Waals surface area contributed by atoms with Crippen LogP contribution in [0.3, 0.4) is 0 Å². The molecule has 0 radical (unpaired) electrons. The van der Waals surface area contributed by atoms with E-state index in [1.54, 1.807) is 0 Å². The summed E-state index contributed by atoms with van der Waals surface area (Å²) in [5.74, 6) is -0.955. The fourth-order valence-corrected chi connectivity index (χ4v) is 3.67. The van der Waals surface area contributed by atoms with Crippen LogP contribution in [-0.4, -0.2) is 41.7 Å². The largest absolute Gasteiger partial charge is 0.480 e. The summed E-state index contributed by atoms with van der Waals surface area (Å²) >= 11 is 0.723. The molecule has 1 atom stereocenters. The molecular weight excluding hydrogens is 389 g/mol. The van der Waals surface area contributed by atoms with Crippen molar-refractivity contribution in [2.75, 3.05) is 26.1 Å². The van der Waals surface area contributed by atoms with Crippen molar-refractivity contribution >= 4 is 22.4 Å². The van der Waals surface area contributed by atoms with E-state index in [4.69, 9.17) is 14.2 Å². The predicted octanol–water partition coefficient (Wildman–Crippen LogP) is 3.07. The van der Waals surface area contributed by atoms with E-state index >= 15 is 0 Å². The molecule has 1 amide bonds. The molecule has 1 N–H and O–H groups in total. The van der Waals surface area contributed by atoms with Gasteiger partial charge < -0.3 is 14.2 Å². The molecule has 3 heterocycles. The summed E-state index contributed by atoms with van der Waals surface area (Å²) in [5, 5.41) is 2.12. The van der Waals surface area contributed by atoms with Crippen LogP contribution in [0.4, 0.5) is 18.3 Å². The van der Waals surface area contributed by atoms with Crippen LogP contribution in [0.5, 0.6) is 11.8 Å². The van der Waals surface area contributed by atoms with Gasteiger partial charge in [0, 0.05) is 6.61 Å². The van der Waals surface area contributed by atoms with Crippen LogP contribution in [0, 0.1) is 0 Å². The number of anilines is 1. The molecule has 12 heteroatoms. The average molecular weight is 404 g/mol. The Hall–Kier alpha value is -2.47. The van der Waals surface area contributed by atoms with Crippen LogP contribution >= 0.6 is 11.3 Å². The lowest BCUT2D eigenvalue weighted by Gasteiger charge is -2.10. The number of carbonyl (C=O) groups excluding carboxylic acids is 1. The van der Waals surface area contributed by atoms with E-state index in [2.05, 4.69) is 20.3 Å². The molecule has 1 unspecified atom stereocenters. The van der Waals surface area contributed by atoms with Gasteiger partial charge >= 0.3 is 6.18 Å². The van der Waals surface area contributed by atoms with Gasteiger partial charge in [0.1, 0.15) is 6.33 Å². The summed E-state index contributed by atoms with van der Waals surface area (Å²) in [6.07, 6.45) is -3.08. The molecule has 8 nitrogen and oxygen atoms in total. The number of halogens is 3. The molecule has 0 aliphatic carbocycles. The van der Waals surface area contributed by atoms with E-state index in [1.165, 1.54) is 14.2 Å². The second-order valence-electron chi connectivity index (χ2n) is 5.45. The quantitative estimate of drug-likeness (QED) is 0.818. The molecule has 2 aromatic rings. The van der Waals surface area contributed by atoms with Crippen LogP contribution in [-0.2, 0) is 10.9 Å². The highest BCUT2D eigenvalue weighted by atomic mass is 32.1. The summed E-state index contributed by atoms with van der Waals surface area (Å²) in [4.78, 5) is 23.7. The molecule has 1 aliphatic heterocycles. The zero-order valence-electron chi connectivity index (χ0n) is 14.3. The van der Waals surface area contributed by atoms with Gasteiger partial charge in [-0.3, -0.25) is 10.1 Å². The maximum atomic E-state index is 13.3. The van der Waals surface area contributed by atoms with Crippen LogP contribution in [0.15, 0.2) is 6.33 Å². The second kappa shape index (κ2) is 7.64. The lowest BCUT2D eigenvalue weighted by Crippen LogP contribution is -2.16. The van der Waals surface area contributed by atoms with Gasteiger partial charge in [0.25, 0.3) is 5.91 Å². The lowest BCUT2D eigenvalue weighted by molar-refractivity contribution is -0.142. The summed E-state index contributed by atoms with van der Waals surface area (Å²) in [6, 6.07) is 0. The second-order valence-corrected chi connectivity index (χ2v) is 6.48. The summed E-state index contributed by atoms with van der Waals surface area (Å²) in [6.45, 7) is 0.386. The molecule has 2 aromatic heterocycles. The first-order valence-electron chi connectivity index (χ1n) is 7.79. The number of alkyl halides is 3. The average Bonchev–Trinajstić information content (AvgIpc) is 3.29. The Kier molecular flexibility index (Phi) is 5.46. The van der Waals surface area contributed by atoms with Gasteiger partial charge in [-0.2, -0.15) is 13.2 Å². The molecule has 0 saturated carbocycles. The topological polar surface area (TPSA) is 95.5 Å². The normalized spacial score (nSPS) is 17.0. The third-order valence-corrected chi connectivity index (χ3v) is 4.82. The molecule has 0 spiro atoms. The first-order valence-corrected chi connectivity index (χ1v) is 8.60. The molecule has 146 valence electrons. The standard InChI is InChI=1S/C15H15F3N4O4S/c1-24-12-8(13(25-2)20-6-19-12)11(23)22-14-21-10(15(16,17)18)9(27-14)7-4-3-5-26-7/h6-7H,3-5H2,1-2H3,(H,21,22,23). The predicted molar refractivity (Wildman–Crippen MR) is 88.1 cm³/mol. The maximum Gasteiger partial charge on any atom is 0.434 e. The Balaban J connectivity index is 1.93. The van der Waals surface area contributed by atoms with Crippen molar-refractivity contribution in [1.29, 1.82) is 0 Å². The van der Waals surface area contributed by atoms with Crippen molar-refractivity contribution in [2.45, 2.75) is 25.1 Å². The molecule has 0 bridgehead atoms. The molecule has 1 aliphatic rings. The monoisotopic (exact) mass is 404 g/mol. The van der Waals surface area contributed by atoms with Gasteiger partial charge in [0.2, 0.25) is 11.8 Å². The van der Waals surface area contributed by atoms with Crippen LogP contribution < -0.4 is 14.8 Å². The van der Waals surface area contributed by atoms with Gasteiger partial charge in [-0.05, 0) is 12.8 Å². The van der Waals surface area contributed by atoms with E-state index in [1.807, 2.05) is 0 Å². The number of hydrogen-bond donors (Lipinski definition) is 1. The highest BCUT2D eigenvalue weighted by molar-refractivity contribution is 7.16. The van der Waals surface area contributed by atoms with Gasteiger partial charge in [0.05, 0.1) is 25.2 Å². The number of methoxy groups -OCH3 is 2. The van der Waals surface area contributed by atoms with Crippen molar-refractivity contribution in [1.82, 2.24) is 15.0 Å². The van der Waals surface area contributed by atoms with Crippen LogP contribution in [0.25, 0.3) is 0 Å². The lowest BCUT2D eigenvalue weighted by atomic mass is 10.2. The minimum atomic E-state index is -4.66. The number of ether oxygens (including phenoxy) is 3. The minimum absolute atomic E-state index is 0.0569. The third kappa shape index (κ3) is 3.95. The Bertz CT molecular complexity index is 815. The number of nitrogens with zero attached hydrogens (tertiary/aromatic N) is 3. The van der Waals surface area contributed by atoms with Gasteiger partial charge in [0.15, 0.2) is 16.4 Å². The van der Waals surface area contributed by atoms with Gasteiger partial charge in [-0.1, -0.05) is 11.3 Å². The number of nitrogens with one attached hydrogen (secondary N) is 1. The van der Waals surface area contributed by atoms with E-state index in [9.17, 15) is 18.0 Å². The third-order valence-electron chi connectivity index (χ3n) is 3.76. The molecule has 1 fully saturated rings. The Labute approximate surface area is 155 Å². The van der Waals surface area contributed by atoms with Crippen molar-refractivity contribution in [3.8, 4) is 11.8 Å². The van der Waals surface area contributed by atoms with Gasteiger partial charge in [-0.15, -0.1) is 0 Å². The molecular formula is C15H15F3N4O4S. The zero-order valence-corrected chi connectivity index (χ0v) is 15.1. The summed E-state index contributed by atoms with van der Waals surface area (Å²) in [7, 11) is 2.58. The van der Waals surface area contributed by atoms with E-state index in [-0.39, 0.29) is 27.3 Å². The number of amides is 1. The Morgan fingerprint density at radius 1 is 1.30 bits per heavy atom. The Morgan fingerprint density at radius 3 is 2.48 bits per heavy atom. The number of hydrogen-bond acceptors (Lipinski definition) is 8. The number of aromatic nitrogens is 3. The van der Waals surface area contributed by atoms with Gasteiger partial charge in [-0.25, -0.2) is 15.0 Å².